The Bertz CT molecular complexity index is 615. The molecule has 0 radical (unpaired) electrons. The molecule has 6 nitrogen and oxygen atoms in total. The number of carbonyl (C=O) groups is 1. The van der Waals surface area contributed by atoms with Crippen molar-refractivity contribution in [3.05, 3.63) is 48.5 Å². The first-order valence-corrected chi connectivity index (χ1v) is 7.58. The van der Waals surface area contributed by atoms with E-state index in [0.29, 0.717) is 6.54 Å². The van der Waals surface area contributed by atoms with E-state index in [4.69, 9.17) is 0 Å². The molecule has 0 unspecified atom stereocenters. The molecule has 1 aliphatic rings. The van der Waals surface area contributed by atoms with Crippen LogP contribution in [0.25, 0.3) is 0 Å². The first-order chi connectivity index (χ1) is 10.7. The van der Waals surface area contributed by atoms with Gasteiger partial charge in [-0.25, -0.2) is 0 Å². The van der Waals surface area contributed by atoms with E-state index in [1.165, 1.54) is 0 Å². The number of pyridine rings is 1. The van der Waals surface area contributed by atoms with Gasteiger partial charge < -0.3 is 10.2 Å². The van der Waals surface area contributed by atoms with E-state index in [0.717, 1.165) is 31.5 Å². The van der Waals surface area contributed by atoms with Crippen LogP contribution in [0.2, 0.25) is 0 Å². The molecule has 132 valence electrons. The van der Waals surface area contributed by atoms with Gasteiger partial charge in [-0.3, -0.25) is 14.5 Å². The summed E-state index contributed by atoms with van der Waals surface area (Å²) in [6.45, 7) is 2.21. The Morgan fingerprint density at radius 1 is 1.29 bits per heavy atom. The van der Waals surface area contributed by atoms with Gasteiger partial charge in [-0.05, 0) is 43.6 Å². The van der Waals surface area contributed by atoms with Crippen LogP contribution in [0.5, 0.6) is 0 Å². The standard InChI is InChI=1S/C16H21N5O.2ClH/c1-20(13-14-4-2-7-18-12-14)15(22)16(5-9-17-10-6-16)21-11-3-8-19-21;;/h2-4,7-8,11-12,17H,5-6,9-10,13H2,1H3;2*1H. The first-order valence-electron chi connectivity index (χ1n) is 7.58. The van der Waals surface area contributed by atoms with Crippen molar-refractivity contribution in [3.63, 3.8) is 0 Å². The van der Waals surface area contributed by atoms with Gasteiger partial charge in [-0.15, -0.1) is 24.8 Å². The monoisotopic (exact) mass is 371 g/mol. The zero-order valence-corrected chi connectivity index (χ0v) is 15.2. The molecule has 0 atom stereocenters. The number of nitrogens with zero attached hydrogens (tertiary/aromatic N) is 4. The maximum absolute atomic E-state index is 13.1. The molecule has 1 aliphatic heterocycles. The highest BCUT2D eigenvalue weighted by molar-refractivity contribution is 5.85. The summed E-state index contributed by atoms with van der Waals surface area (Å²) < 4.78 is 1.83. The third-order valence-electron chi connectivity index (χ3n) is 4.26. The molecule has 0 aliphatic carbocycles. The summed E-state index contributed by atoms with van der Waals surface area (Å²) in [6, 6.07) is 5.75. The fourth-order valence-corrected chi connectivity index (χ4v) is 3.10. The van der Waals surface area contributed by atoms with Gasteiger partial charge in [0.15, 0.2) is 0 Å². The van der Waals surface area contributed by atoms with Crippen LogP contribution in [0, 0.1) is 0 Å². The molecule has 24 heavy (non-hydrogen) atoms. The van der Waals surface area contributed by atoms with Crippen molar-refractivity contribution in [2.75, 3.05) is 20.1 Å². The van der Waals surface area contributed by atoms with Gasteiger partial charge in [0.25, 0.3) is 5.91 Å². The number of carbonyl (C=O) groups excluding carboxylic acids is 1. The van der Waals surface area contributed by atoms with Crippen LogP contribution in [-0.4, -0.2) is 45.7 Å². The average molecular weight is 372 g/mol. The van der Waals surface area contributed by atoms with Crippen molar-refractivity contribution in [1.29, 1.82) is 0 Å². The van der Waals surface area contributed by atoms with Gasteiger partial charge in [-0.1, -0.05) is 6.07 Å². The van der Waals surface area contributed by atoms with E-state index >= 15 is 0 Å². The second-order valence-corrected chi connectivity index (χ2v) is 5.75. The number of amides is 1. The van der Waals surface area contributed by atoms with E-state index in [1.54, 1.807) is 23.5 Å². The van der Waals surface area contributed by atoms with Crippen molar-refractivity contribution in [2.24, 2.45) is 0 Å². The lowest BCUT2D eigenvalue weighted by Gasteiger charge is -2.39. The maximum atomic E-state index is 13.1. The van der Waals surface area contributed by atoms with Gasteiger partial charge in [0.1, 0.15) is 5.54 Å². The molecule has 1 N–H and O–H groups in total. The summed E-state index contributed by atoms with van der Waals surface area (Å²) in [5.41, 5.74) is 0.453. The minimum Gasteiger partial charge on any atom is -0.339 e. The van der Waals surface area contributed by atoms with Gasteiger partial charge in [0, 0.05) is 38.4 Å². The van der Waals surface area contributed by atoms with Crippen molar-refractivity contribution < 1.29 is 4.79 Å². The topological polar surface area (TPSA) is 63.1 Å². The highest BCUT2D eigenvalue weighted by atomic mass is 35.5. The van der Waals surface area contributed by atoms with Gasteiger partial charge in [0.2, 0.25) is 0 Å². The van der Waals surface area contributed by atoms with E-state index in [2.05, 4.69) is 15.4 Å². The fraction of sp³-hybridized carbons (Fsp3) is 0.438. The van der Waals surface area contributed by atoms with E-state index in [-0.39, 0.29) is 30.7 Å². The van der Waals surface area contributed by atoms with Gasteiger partial charge >= 0.3 is 0 Å². The van der Waals surface area contributed by atoms with Crippen molar-refractivity contribution in [3.8, 4) is 0 Å². The lowest BCUT2D eigenvalue weighted by molar-refractivity contribution is -0.142. The highest BCUT2D eigenvalue weighted by Crippen LogP contribution is 2.29. The molecule has 2 aromatic rings. The number of hydrogen-bond acceptors (Lipinski definition) is 4. The quantitative estimate of drug-likeness (QED) is 0.890. The molecule has 0 saturated carbocycles. The molecule has 0 aromatic carbocycles. The smallest absolute Gasteiger partial charge is 0.250 e. The Balaban J connectivity index is 0.00000144. The van der Waals surface area contributed by atoms with Crippen LogP contribution < -0.4 is 5.32 Å². The molecular weight excluding hydrogens is 349 g/mol. The Morgan fingerprint density at radius 3 is 2.62 bits per heavy atom. The van der Waals surface area contributed by atoms with E-state index in [1.807, 2.05) is 36.1 Å². The van der Waals surface area contributed by atoms with Crippen molar-refractivity contribution in [2.45, 2.75) is 24.9 Å². The Labute approximate surface area is 154 Å². The Hall–Kier alpha value is -1.63. The molecule has 3 rings (SSSR count). The molecule has 1 saturated heterocycles. The number of aromatic nitrogens is 3. The number of halogens is 2. The predicted octanol–water partition coefficient (Wildman–Crippen LogP) is 1.86. The number of nitrogens with one attached hydrogen (secondary N) is 1. The Morgan fingerprint density at radius 2 is 2.04 bits per heavy atom. The number of hydrogen-bond donors (Lipinski definition) is 1. The summed E-state index contributed by atoms with van der Waals surface area (Å²) in [6.07, 6.45) is 8.67. The normalized spacial score (nSPS) is 15.7. The van der Waals surface area contributed by atoms with Crippen molar-refractivity contribution in [1.82, 2.24) is 25.0 Å². The summed E-state index contributed by atoms with van der Waals surface area (Å²) in [4.78, 5) is 19.0. The molecule has 1 amide bonds. The van der Waals surface area contributed by atoms with Crippen LogP contribution in [0.1, 0.15) is 18.4 Å². The SMILES string of the molecule is CN(Cc1cccnc1)C(=O)C1(n2cccn2)CCNCC1.Cl.Cl. The Kier molecular flexibility index (Phi) is 7.66. The summed E-state index contributed by atoms with van der Waals surface area (Å²) in [5.74, 6) is 0.113. The zero-order valence-electron chi connectivity index (χ0n) is 13.6. The van der Waals surface area contributed by atoms with Crippen LogP contribution in [0.4, 0.5) is 0 Å². The molecule has 2 aromatic heterocycles. The number of likely N-dealkylation sites (N-methyl/N-ethyl adjacent to an activating group) is 1. The summed E-state index contributed by atoms with van der Waals surface area (Å²) >= 11 is 0. The third kappa shape index (κ3) is 4.06. The molecule has 0 spiro atoms. The van der Waals surface area contributed by atoms with Crippen LogP contribution in [-0.2, 0) is 16.9 Å². The van der Waals surface area contributed by atoms with Crippen molar-refractivity contribution >= 4 is 30.7 Å². The largest absolute Gasteiger partial charge is 0.339 e. The zero-order chi connectivity index (χ0) is 15.4. The predicted molar refractivity (Wildman–Crippen MR) is 97.5 cm³/mol. The molecule has 0 bridgehead atoms. The van der Waals surface area contributed by atoms with Gasteiger partial charge in [-0.2, -0.15) is 5.10 Å². The van der Waals surface area contributed by atoms with E-state index in [9.17, 15) is 4.79 Å². The van der Waals surface area contributed by atoms with E-state index < -0.39 is 5.54 Å². The fourth-order valence-electron chi connectivity index (χ4n) is 3.10. The number of piperidine rings is 1. The second-order valence-electron chi connectivity index (χ2n) is 5.75. The van der Waals surface area contributed by atoms with Crippen LogP contribution in [0.15, 0.2) is 43.0 Å². The summed E-state index contributed by atoms with van der Waals surface area (Å²) in [5, 5.41) is 7.67. The third-order valence-corrected chi connectivity index (χ3v) is 4.26. The lowest BCUT2D eigenvalue weighted by Crippen LogP contribution is -2.54. The first kappa shape index (κ1) is 20.4. The maximum Gasteiger partial charge on any atom is 0.250 e. The lowest BCUT2D eigenvalue weighted by atomic mass is 9.87. The highest BCUT2D eigenvalue weighted by Gasteiger charge is 2.43. The average Bonchev–Trinajstić information content (AvgIpc) is 3.11. The minimum absolute atomic E-state index is 0. The molecule has 3 heterocycles. The summed E-state index contributed by atoms with van der Waals surface area (Å²) in [7, 11) is 1.85. The van der Waals surface area contributed by atoms with Gasteiger partial charge in [0.05, 0.1) is 0 Å². The number of rotatable bonds is 4. The van der Waals surface area contributed by atoms with Crippen LogP contribution >= 0.6 is 24.8 Å². The molecule has 8 heteroatoms. The second kappa shape index (κ2) is 9.01. The molecule has 1 fully saturated rings. The van der Waals surface area contributed by atoms with Crippen LogP contribution in [0.3, 0.4) is 0 Å². The molecular formula is C16H23Cl2N5O. The minimum atomic E-state index is -0.578.